The zero-order chi connectivity index (χ0) is 15.4. The van der Waals surface area contributed by atoms with Crippen LogP contribution in [-0.2, 0) is 6.42 Å². The first-order valence-corrected chi connectivity index (χ1v) is 9.06. The van der Waals surface area contributed by atoms with Crippen LogP contribution in [0.4, 0.5) is 5.95 Å². The van der Waals surface area contributed by atoms with Gasteiger partial charge < -0.3 is 9.80 Å². The van der Waals surface area contributed by atoms with Crippen LogP contribution < -0.4 is 4.90 Å². The Kier molecular flexibility index (Phi) is 5.29. The summed E-state index contributed by atoms with van der Waals surface area (Å²) in [4.78, 5) is 14.4. The number of fused-ring (bicyclic) bond motifs is 2. The molecular weight excluding hydrogens is 272 g/mol. The average molecular weight is 302 g/mol. The fraction of sp³-hybridized carbons (Fsp3) is 0.778. The molecule has 2 fully saturated rings. The summed E-state index contributed by atoms with van der Waals surface area (Å²) in [7, 11) is 2.23. The quantitative estimate of drug-likeness (QED) is 0.724. The van der Waals surface area contributed by atoms with Gasteiger partial charge in [-0.1, -0.05) is 32.6 Å². The Balaban J connectivity index is 1.60. The Bertz CT molecular complexity index is 462. The van der Waals surface area contributed by atoms with Gasteiger partial charge in [0.15, 0.2) is 0 Å². The van der Waals surface area contributed by atoms with Crippen molar-refractivity contribution in [3.8, 4) is 0 Å². The predicted molar refractivity (Wildman–Crippen MR) is 91.3 cm³/mol. The molecular formula is C18H30N4. The lowest BCUT2D eigenvalue weighted by atomic mass is 10.1. The molecule has 4 nitrogen and oxygen atoms in total. The zero-order valence-electron chi connectivity index (χ0n) is 14.2. The van der Waals surface area contributed by atoms with Crippen molar-refractivity contribution in [1.29, 1.82) is 0 Å². The van der Waals surface area contributed by atoms with Crippen LogP contribution in [0.3, 0.4) is 0 Å². The maximum Gasteiger partial charge on any atom is 0.226 e. The van der Waals surface area contributed by atoms with Gasteiger partial charge in [0, 0.05) is 37.1 Å². The number of anilines is 1. The van der Waals surface area contributed by atoms with Crippen LogP contribution in [0.1, 0.15) is 57.6 Å². The largest absolute Gasteiger partial charge is 0.332 e. The van der Waals surface area contributed by atoms with Crippen molar-refractivity contribution in [1.82, 2.24) is 14.9 Å². The van der Waals surface area contributed by atoms with E-state index in [1.54, 1.807) is 0 Å². The fourth-order valence-corrected chi connectivity index (χ4v) is 4.00. The smallest absolute Gasteiger partial charge is 0.226 e. The SMILES string of the molecule is CCCCCCCc1ccnc(N2C3CCC2CN(C)C3)n1. The number of aryl methyl sites for hydroxylation is 1. The van der Waals surface area contributed by atoms with Crippen LogP contribution in [0.2, 0.25) is 0 Å². The van der Waals surface area contributed by atoms with Gasteiger partial charge in [0.2, 0.25) is 5.95 Å². The number of hydrogen-bond donors (Lipinski definition) is 0. The molecule has 0 aliphatic carbocycles. The molecule has 22 heavy (non-hydrogen) atoms. The third kappa shape index (κ3) is 3.60. The second-order valence-corrected chi connectivity index (χ2v) is 7.03. The highest BCUT2D eigenvalue weighted by molar-refractivity contribution is 5.38. The van der Waals surface area contributed by atoms with E-state index in [4.69, 9.17) is 4.98 Å². The maximum atomic E-state index is 4.88. The molecule has 2 bridgehead atoms. The van der Waals surface area contributed by atoms with E-state index in [1.807, 2.05) is 6.20 Å². The Hall–Kier alpha value is -1.16. The standard InChI is InChI=1S/C18H30N4/c1-3-4-5-6-7-8-15-11-12-19-18(20-15)22-16-9-10-17(22)14-21(2)13-16/h11-12,16-17H,3-10,13-14H2,1-2H3. The molecule has 1 aromatic rings. The normalized spacial score (nSPS) is 24.9. The van der Waals surface area contributed by atoms with Crippen LogP contribution in [0.25, 0.3) is 0 Å². The predicted octanol–water partition coefficient (Wildman–Crippen LogP) is 3.27. The number of likely N-dealkylation sites (N-methyl/N-ethyl adjacent to an activating group) is 1. The summed E-state index contributed by atoms with van der Waals surface area (Å²) < 4.78 is 0. The lowest BCUT2D eigenvalue weighted by Crippen LogP contribution is -2.53. The molecule has 3 rings (SSSR count). The molecule has 2 atom stereocenters. The van der Waals surface area contributed by atoms with Gasteiger partial charge in [-0.2, -0.15) is 0 Å². The molecule has 2 aliphatic heterocycles. The van der Waals surface area contributed by atoms with Crippen LogP contribution >= 0.6 is 0 Å². The van der Waals surface area contributed by atoms with Crippen molar-refractivity contribution in [2.75, 3.05) is 25.0 Å². The molecule has 3 heterocycles. The van der Waals surface area contributed by atoms with Crippen molar-refractivity contribution in [2.45, 2.75) is 70.4 Å². The van der Waals surface area contributed by atoms with Gasteiger partial charge in [-0.05, 0) is 38.8 Å². The number of aromatic nitrogens is 2. The molecule has 1 aromatic heterocycles. The van der Waals surface area contributed by atoms with Gasteiger partial charge in [0.1, 0.15) is 0 Å². The molecule has 2 aliphatic rings. The second-order valence-electron chi connectivity index (χ2n) is 7.03. The first kappa shape index (κ1) is 15.7. The van der Waals surface area contributed by atoms with Crippen LogP contribution in [0.5, 0.6) is 0 Å². The van der Waals surface area contributed by atoms with Crippen molar-refractivity contribution in [3.05, 3.63) is 18.0 Å². The summed E-state index contributed by atoms with van der Waals surface area (Å²) in [6.07, 6.45) is 12.3. The Labute approximate surface area is 134 Å². The van der Waals surface area contributed by atoms with Crippen LogP contribution in [0.15, 0.2) is 12.3 Å². The summed E-state index contributed by atoms with van der Waals surface area (Å²) in [5.41, 5.74) is 1.22. The van der Waals surface area contributed by atoms with Gasteiger partial charge in [0.05, 0.1) is 0 Å². The van der Waals surface area contributed by atoms with Gasteiger partial charge in [-0.15, -0.1) is 0 Å². The molecule has 0 spiro atoms. The minimum absolute atomic E-state index is 0.614. The first-order valence-electron chi connectivity index (χ1n) is 9.06. The van der Waals surface area contributed by atoms with Crippen LogP contribution in [0, 0.1) is 0 Å². The molecule has 0 saturated carbocycles. The number of unbranched alkanes of at least 4 members (excludes halogenated alkanes) is 4. The van der Waals surface area contributed by atoms with Gasteiger partial charge in [-0.3, -0.25) is 0 Å². The number of rotatable bonds is 7. The van der Waals surface area contributed by atoms with E-state index in [2.05, 4.69) is 34.8 Å². The Morgan fingerprint density at radius 3 is 2.55 bits per heavy atom. The molecule has 0 radical (unpaired) electrons. The van der Waals surface area contributed by atoms with Gasteiger partial charge in [0.25, 0.3) is 0 Å². The summed E-state index contributed by atoms with van der Waals surface area (Å²) in [6, 6.07) is 3.33. The van der Waals surface area contributed by atoms with E-state index in [0.717, 1.165) is 25.5 Å². The van der Waals surface area contributed by atoms with E-state index in [9.17, 15) is 0 Å². The monoisotopic (exact) mass is 302 g/mol. The molecule has 122 valence electrons. The number of nitrogens with zero attached hydrogens (tertiary/aromatic N) is 4. The summed E-state index contributed by atoms with van der Waals surface area (Å²) in [5, 5.41) is 0. The van der Waals surface area contributed by atoms with Crippen molar-refractivity contribution in [2.24, 2.45) is 0 Å². The Morgan fingerprint density at radius 1 is 1.09 bits per heavy atom. The summed E-state index contributed by atoms with van der Waals surface area (Å²) in [5.74, 6) is 0.978. The van der Waals surface area contributed by atoms with E-state index < -0.39 is 0 Å². The third-order valence-corrected chi connectivity index (χ3v) is 5.13. The molecule has 0 aromatic carbocycles. The minimum Gasteiger partial charge on any atom is -0.332 e. The van der Waals surface area contributed by atoms with Gasteiger partial charge in [-0.25, -0.2) is 9.97 Å². The average Bonchev–Trinajstić information content (AvgIpc) is 2.79. The lowest BCUT2D eigenvalue weighted by molar-refractivity contribution is 0.262. The molecule has 4 heteroatoms. The van der Waals surface area contributed by atoms with E-state index in [1.165, 1.54) is 50.6 Å². The van der Waals surface area contributed by atoms with Crippen molar-refractivity contribution < 1.29 is 0 Å². The number of piperazine rings is 1. The third-order valence-electron chi connectivity index (χ3n) is 5.13. The topological polar surface area (TPSA) is 32.3 Å². The lowest BCUT2D eigenvalue weighted by Gasteiger charge is -2.39. The van der Waals surface area contributed by atoms with Crippen LogP contribution in [-0.4, -0.2) is 47.1 Å². The molecule has 2 saturated heterocycles. The van der Waals surface area contributed by atoms with Crippen molar-refractivity contribution in [3.63, 3.8) is 0 Å². The van der Waals surface area contributed by atoms with Gasteiger partial charge >= 0.3 is 0 Å². The van der Waals surface area contributed by atoms with Crippen molar-refractivity contribution >= 4 is 5.95 Å². The minimum atomic E-state index is 0.614. The molecule has 2 unspecified atom stereocenters. The number of hydrogen-bond acceptors (Lipinski definition) is 4. The summed E-state index contributed by atoms with van der Waals surface area (Å²) in [6.45, 7) is 4.57. The maximum absolute atomic E-state index is 4.88. The molecule has 0 N–H and O–H groups in total. The zero-order valence-corrected chi connectivity index (χ0v) is 14.2. The fourth-order valence-electron chi connectivity index (χ4n) is 4.00. The second kappa shape index (κ2) is 7.40. The van der Waals surface area contributed by atoms with E-state index >= 15 is 0 Å². The first-order chi connectivity index (χ1) is 10.8. The van der Waals surface area contributed by atoms with E-state index in [0.29, 0.717) is 12.1 Å². The molecule has 0 amide bonds. The van der Waals surface area contributed by atoms with E-state index in [-0.39, 0.29) is 0 Å². The summed E-state index contributed by atoms with van der Waals surface area (Å²) >= 11 is 0. The Morgan fingerprint density at radius 2 is 1.82 bits per heavy atom. The number of likely N-dealkylation sites (tertiary alicyclic amines) is 1. The highest BCUT2D eigenvalue weighted by Crippen LogP contribution is 2.32. The highest BCUT2D eigenvalue weighted by atomic mass is 15.4. The highest BCUT2D eigenvalue weighted by Gasteiger charge is 2.40.